The van der Waals surface area contributed by atoms with E-state index >= 15 is 0 Å². The van der Waals surface area contributed by atoms with Crippen LogP contribution in [0.25, 0.3) is 0 Å². The molecule has 0 aromatic heterocycles. The molecule has 0 bridgehead atoms. The molecule has 1 aliphatic rings. The van der Waals surface area contributed by atoms with Crippen molar-refractivity contribution in [3.63, 3.8) is 0 Å². The second-order valence-electron chi connectivity index (χ2n) is 5.75. The molecule has 0 aliphatic heterocycles. The fraction of sp³-hybridized carbons (Fsp3) is 0.538. The summed E-state index contributed by atoms with van der Waals surface area (Å²) >= 11 is 0. The first kappa shape index (κ1) is 13.4. The lowest BCUT2D eigenvalue weighted by atomic mass is 9.87. The van der Waals surface area contributed by atoms with Crippen LogP contribution in [0.15, 0.2) is 23.1 Å². The van der Waals surface area contributed by atoms with Crippen LogP contribution in [0, 0.1) is 0 Å². The molecule has 18 heavy (non-hydrogen) atoms. The smallest absolute Gasteiger partial charge is 0.242 e. The third kappa shape index (κ3) is 2.84. The van der Waals surface area contributed by atoms with Crippen molar-refractivity contribution in [3.8, 4) is 5.75 Å². The van der Waals surface area contributed by atoms with Gasteiger partial charge in [0.25, 0.3) is 0 Å². The maximum Gasteiger partial charge on any atom is 0.242 e. The van der Waals surface area contributed by atoms with Crippen molar-refractivity contribution in [2.45, 2.75) is 50.0 Å². The number of hydrogen-bond donors (Lipinski definition) is 1. The van der Waals surface area contributed by atoms with Gasteiger partial charge in [-0.15, -0.1) is 0 Å². The fourth-order valence-electron chi connectivity index (χ4n) is 1.86. The third-order valence-corrected chi connectivity index (χ3v) is 3.88. The monoisotopic (exact) mass is 269 g/mol. The second kappa shape index (κ2) is 4.24. The first-order chi connectivity index (χ1) is 8.19. The Morgan fingerprint density at radius 2 is 1.89 bits per heavy atom. The van der Waals surface area contributed by atoms with Crippen molar-refractivity contribution in [2.75, 3.05) is 0 Å². The minimum Gasteiger partial charge on any atom is -0.489 e. The summed E-state index contributed by atoms with van der Waals surface area (Å²) in [4.78, 5) is 0.129. The van der Waals surface area contributed by atoms with Gasteiger partial charge in [0.05, 0.1) is 6.10 Å². The number of nitrogens with two attached hydrogens (primary N) is 1. The summed E-state index contributed by atoms with van der Waals surface area (Å²) in [6.45, 7) is 5.87. The van der Waals surface area contributed by atoms with Crippen molar-refractivity contribution in [1.29, 1.82) is 0 Å². The van der Waals surface area contributed by atoms with Gasteiger partial charge >= 0.3 is 0 Å². The Hall–Kier alpha value is -1.07. The maximum atomic E-state index is 11.8. The summed E-state index contributed by atoms with van der Waals surface area (Å²) in [6.07, 6.45) is 2.09. The lowest BCUT2D eigenvalue weighted by Crippen LogP contribution is -2.22. The maximum absolute atomic E-state index is 11.8. The zero-order valence-corrected chi connectivity index (χ0v) is 11.8. The lowest BCUT2D eigenvalue weighted by Gasteiger charge is -2.23. The highest BCUT2D eigenvalue weighted by atomic mass is 32.2. The molecule has 1 aliphatic carbocycles. The average Bonchev–Trinajstić information content (AvgIpc) is 2.98. The van der Waals surface area contributed by atoms with Gasteiger partial charge in [-0.1, -0.05) is 32.9 Å². The minimum atomic E-state index is -3.79. The van der Waals surface area contributed by atoms with Gasteiger partial charge in [-0.2, -0.15) is 0 Å². The molecule has 1 fully saturated rings. The van der Waals surface area contributed by atoms with Gasteiger partial charge in [0.1, 0.15) is 10.6 Å². The van der Waals surface area contributed by atoms with E-state index in [2.05, 4.69) is 0 Å². The van der Waals surface area contributed by atoms with Crippen LogP contribution in [0.3, 0.4) is 0 Å². The van der Waals surface area contributed by atoms with Crippen LogP contribution in [0.4, 0.5) is 0 Å². The Labute approximate surface area is 108 Å². The highest BCUT2D eigenvalue weighted by Gasteiger charge is 2.30. The predicted octanol–water partition coefficient (Wildman–Crippen LogP) is 2.17. The van der Waals surface area contributed by atoms with Crippen LogP contribution in [0.2, 0.25) is 0 Å². The summed E-state index contributed by atoms with van der Waals surface area (Å²) in [5.74, 6) is 0.382. The normalized spacial score (nSPS) is 16.7. The van der Waals surface area contributed by atoms with Gasteiger partial charge in [0.15, 0.2) is 0 Å². The van der Waals surface area contributed by atoms with E-state index in [0.29, 0.717) is 11.3 Å². The van der Waals surface area contributed by atoms with Gasteiger partial charge in [-0.3, -0.25) is 0 Å². The molecule has 0 radical (unpaired) electrons. The van der Waals surface area contributed by atoms with Crippen molar-refractivity contribution in [3.05, 3.63) is 23.8 Å². The molecule has 0 spiro atoms. The third-order valence-electron chi connectivity index (χ3n) is 2.89. The van der Waals surface area contributed by atoms with Crippen molar-refractivity contribution in [2.24, 2.45) is 5.14 Å². The van der Waals surface area contributed by atoms with Crippen LogP contribution in [-0.4, -0.2) is 14.5 Å². The number of hydrogen-bond acceptors (Lipinski definition) is 3. The molecule has 0 amide bonds. The molecular weight excluding hydrogens is 250 g/mol. The number of rotatable bonds is 3. The van der Waals surface area contributed by atoms with Gasteiger partial charge in [-0.05, 0) is 29.9 Å². The van der Waals surface area contributed by atoms with Crippen molar-refractivity contribution >= 4 is 10.0 Å². The van der Waals surface area contributed by atoms with E-state index in [1.807, 2.05) is 26.8 Å². The van der Waals surface area contributed by atoms with Gasteiger partial charge < -0.3 is 4.74 Å². The van der Waals surface area contributed by atoms with Gasteiger partial charge in [0.2, 0.25) is 10.0 Å². The van der Waals surface area contributed by atoms with E-state index in [1.54, 1.807) is 12.1 Å². The van der Waals surface area contributed by atoms with Crippen LogP contribution < -0.4 is 9.88 Å². The molecule has 5 heteroatoms. The molecular formula is C13H19NO3S. The van der Waals surface area contributed by atoms with Crippen molar-refractivity contribution < 1.29 is 13.2 Å². The van der Waals surface area contributed by atoms with Crippen LogP contribution >= 0.6 is 0 Å². The Kier molecular flexibility index (Phi) is 3.15. The summed E-state index contributed by atoms with van der Waals surface area (Å²) in [5.41, 5.74) is 0.396. The first-order valence-electron chi connectivity index (χ1n) is 6.02. The summed E-state index contributed by atoms with van der Waals surface area (Å²) < 4.78 is 29.3. The van der Waals surface area contributed by atoms with Crippen LogP contribution in [-0.2, 0) is 15.4 Å². The number of benzene rings is 1. The Morgan fingerprint density at radius 1 is 1.28 bits per heavy atom. The topological polar surface area (TPSA) is 69.4 Å². The number of sulfonamides is 1. The molecule has 4 nitrogen and oxygen atoms in total. The molecule has 0 heterocycles. The van der Waals surface area contributed by atoms with E-state index in [9.17, 15) is 8.42 Å². The highest BCUT2D eigenvalue weighted by molar-refractivity contribution is 7.89. The Bertz CT molecular complexity index is 554. The lowest BCUT2D eigenvalue weighted by molar-refractivity contribution is 0.293. The van der Waals surface area contributed by atoms with E-state index < -0.39 is 10.0 Å². The van der Waals surface area contributed by atoms with E-state index in [-0.39, 0.29) is 16.4 Å². The standard InChI is InChI=1S/C13H19NO3S/c1-13(2,3)10-5-4-6-11(17-9-7-8-9)12(10)18(14,15)16/h4-6,9H,7-8H2,1-3H3,(H2,14,15,16). The fourth-order valence-corrected chi connectivity index (χ4v) is 2.94. The second-order valence-corrected chi connectivity index (χ2v) is 7.24. The molecule has 2 N–H and O–H groups in total. The number of ether oxygens (including phenoxy) is 1. The molecule has 2 rings (SSSR count). The average molecular weight is 269 g/mol. The molecule has 0 atom stereocenters. The van der Waals surface area contributed by atoms with Crippen LogP contribution in [0.1, 0.15) is 39.2 Å². The molecule has 1 saturated carbocycles. The zero-order chi connectivity index (χ0) is 13.6. The summed E-state index contributed by atoms with van der Waals surface area (Å²) in [7, 11) is -3.79. The molecule has 1 aromatic rings. The summed E-state index contributed by atoms with van der Waals surface area (Å²) in [5, 5.41) is 5.34. The Morgan fingerprint density at radius 3 is 2.33 bits per heavy atom. The molecule has 0 unspecified atom stereocenters. The minimum absolute atomic E-state index is 0.129. The quantitative estimate of drug-likeness (QED) is 0.914. The Balaban J connectivity index is 2.59. The van der Waals surface area contributed by atoms with Gasteiger partial charge in [0, 0.05) is 0 Å². The first-order valence-corrected chi connectivity index (χ1v) is 7.57. The van der Waals surface area contributed by atoms with E-state index in [0.717, 1.165) is 12.8 Å². The predicted molar refractivity (Wildman–Crippen MR) is 70.2 cm³/mol. The number of primary sulfonamides is 1. The van der Waals surface area contributed by atoms with Crippen molar-refractivity contribution in [1.82, 2.24) is 0 Å². The molecule has 0 saturated heterocycles. The largest absolute Gasteiger partial charge is 0.489 e. The van der Waals surface area contributed by atoms with E-state index in [1.165, 1.54) is 0 Å². The van der Waals surface area contributed by atoms with Gasteiger partial charge in [-0.25, -0.2) is 13.6 Å². The SMILES string of the molecule is CC(C)(C)c1cccc(OC2CC2)c1S(N)(=O)=O. The summed E-state index contributed by atoms with van der Waals surface area (Å²) in [6, 6.07) is 5.28. The van der Waals surface area contributed by atoms with Crippen LogP contribution in [0.5, 0.6) is 5.75 Å². The molecule has 100 valence electrons. The van der Waals surface area contributed by atoms with E-state index in [4.69, 9.17) is 9.88 Å². The zero-order valence-electron chi connectivity index (χ0n) is 10.9. The molecule has 1 aromatic carbocycles. The highest BCUT2D eigenvalue weighted by Crippen LogP contribution is 2.37.